The summed E-state index contributed by atoms with van der Waals surface area (Å²) in [5, 5.41) is 0. The summed E-state index contributed by atoms with van der Waals surface area (Å²) < 4.78 is 10.4. The molecule has 0 N–H and O–H groups in total. The maximum Gasteiger partial charge on any atom is 0.414 e. The predicted molar refractivity (Wildman–Crippen MR) is 81.7 cm³/mol. The summed E-state index contributed by atoms with van der Waals surface area (Å²) in [5.74, 6) is -0.356. The Balaban J connectivity index is 2.07. The molecular weight excluding hydrogens is 282 g/mol. The molecule has 0 saturated carbocycles. The number of para-hydroxylation sites is 1. The van der Waals surface area contributed by atoms with Gasteiger partial charge in [0, 0.05) is 14.1 Å². The van der Waals surface area contributed by atoms with Crippen LogP contribution < -0.4 is 4.74 Å². The van der Waals surface area contributed by atoms with Gasteiger partial charge in [-0.15, -0.1) is 0 Å². The molecule has 0 radical (unpaired) electrons. The van der Waals surface area contributed by atoms with E-state index in [2.05, 4.69) is 0 Å². The van der Waals surface area contributed by atoms with Gasteiger partial charge in [-0.25, -0.2) is 9.59 Å². The maximum absolute atomic E-state index is 12.2. The third-order valence-electron chi connectivity index (χ3n) is 2.88. The van der Waals surface area contributed by atoms with Crippen LogP contribution in [0.4, 0.5) is 4.79 Å². The first-order chi connectivity index (χ1) is 10.6. The van der Waals surface area contributed by atoms with E-state index in [9.17, 15) is 9.59 Å². The summed E-state index contributed by atoms with van der Waals surface area (Å²) in [4.78, 5) is 25.1. The standard InChI is InChI=1S/C17H17NO4/c1-18(2)17(20)22-15-11-7-6-10-14(15)16(19)21-12-13-8-4-3-5-9-13/h3-11H,12H2,1-2H3. The topological polar surface area (TPSA) is 55.8 Å². The minimum Gasteiger partial charge on any atom is -0.457 e. The van der Waals surface area contributed by atoms with Crippen molar-refractivity contribution in [2.45, 2.75) is 6.61 Å². The van der Waals surface area contributed by atoms with Gasteiger partial charge < -0.3 is 14.4 Å². The van der Waals surface area contributed by atoms with Crippen LogP contribution in [0.3, 0.4) is 0 Å². The molecule has 0 atom stereocenters. The van der Waals surface area contributed by atoms with Gasteiger partial charge >= 0.3 is 12.1 Å². The van der Waals surface area contributed by atoms with Gasteiger partial charge in [-0.3, -0.25) is 0 Å². The number of carbonyl (C=O) groups is 2. The second-order valence-electron chi connectivity index (χ2n) is 4.82. The molecule has 0 aromatic heterocycles. The second-order valence-corrected chi connectivity index (χ2v) is 4.82. The monoisotopic (exact) mass is 299 g/mol. The molecule has 0 saturated heterocycles. The molecule has 0 aliphatic rings. The van der Waals surface area contributed by atoms with Crippen LogP contribution >= 0.6 is 0 Å². The van der Waals surface area contributed by atoms with E-state index in [1.54, 1.807) is 38.4 Å². The lowest BCUT2D eigenvalue weighted by molar-refractivity contribution is 0.0469. The first-order valence-electron chi connectivity index (χ1n) is 6.77. The van der Waals surface area contributed by atoms with E-state index < -0.39 is 12.1 Å². The van der Waals surface area contributed by atoms with Crippen LogP contribution in [0.1, 0.15) is 15.9 Å². The van der Waals surface area contributed by atoms with E-state index in [1.807, 2.05) is 30.3 Å². The second kappa shape index (κ2) is 7.26. The molecule has 0 heterocycles. The molecule has 0 spiro atoms. The molecule has 0 aliphatic carbocycles. The van der Waals surface area contributed by atoms with Crippen molar-refractivity contribution in [3.63, 3.8) is 0 Å². The van der Waals surface area contributed by atoms with Crippen molar-refractivity contribution >= 4 is 12.1 Å². The van der Waals surface area contributed by atoms with E-state index >= 15 is 0 Å². The van der Waals surface area contributed by atoms with Crippen molar-refractivity contribution in [2.75, 3.05) is 14.1 Å². The van der Waals surface area contributed by atoms with Crippen molar-refractivity contribution < 1.29 is 19.1 Å². The normalized spacial score (nSPS) is 9.91. The molecule has 5 heteroatoms. The van der Waals surface area contributed by atoms with Crippen molar-refractivity contribution in [2.24, 2.45) is 0 Å². The largest absolute Gasteiger partial charge is 0.457 e. The van der Waals surface area contributed by atoms with Crippen LogP contribution in [-0.4, -0.2) is 31.1 Å². The molecule has 0 unspecified atom stereocenters. The number of amides is 1. The average molecular weight is 299 g/mol. The Morgan fingerprint density at radius 3 is 2.27 bits per heavy atom. The molecule has 0 bridgehead atoms. The van der Waals surface area contributed by atoms with Crippen LogP contribution in [0.25, 0.3) is 0 Å². The lowest BCUT2D eigenvalue weighted by Crippen LogP contribution is -2.26. The smallest absolute Gasteiger partial charge is 0.414 e. The van der Waals surface area contributed by atoms with Gasteiger partial charge in [0.25, 0.3) is 0 Å². The first-order valence-corrected chi connectivity index (χ1v) is 6.77. The lowest BCUT2D eigenvalue weighted by Gasteiger charge is -2.13. The molecule has 0 fully saturated rings. The Hall–Kier alpha value is -2.82. The molecular formula is C17H17NO4. The first kappa shape index (κ1) is 15.6. The molecule has 0 aliphatic heterocycles. The van der Waals surface area contributed by atoms with Gasteiger partial charge in [0.2, 0.25) is 0 Å². The third kappa shape index (κ3) is 4.09. The summed E-state index contributed by atoms with van der Waals surface area (Å²) in [7, 11) is 3.14. The number of nitrogens with zero attached hydrogens (tertiary/aromatic N) is 1. The number of carbonyl (C=O) groups excluding carboxylic acids is 2. The number of hydrogen-bond donors (Lipinski definition) is 0. The summed E-state index contributed by atoms with van der Waals surface area (Å²) in [6.45, 7) is 0.162. The van der Waals surface area contributed by atoms with Crippen molar-refractivity contribution in [1.82, 2.24) is 4.90 Å². The fraction of sp³-hybridized carbons (Fsp3) is 0.176. The maximum atomic E-state index is 12.2. The molecule has 2 aromatic rings. The number of hydrogen-bond acceptors (Lipinski definition) is 4. The SMILES string of the molecule is CN(C)C(=O)Oc1ccccc1C(=O)OCc1ccccc1. The number of rotatable bonds is 4. The number of ether oxygens (including phenoxy) is 2. The molecule has 114 valence electrons. The Morgan fingerprint density at radius 2 is 1.59 bits per heavy atom. The lowest BCUT2D eigenvalue weighted by atomic mass is 10.2. The van der Waals surface area contributed by atoms with E-state index in [1.165, 1.54) is 4.90 Å². The molecule has 22 heavy (non-hydrogen) atoms. The number of benzene rings is 2. The highest BCUT2D eigenvalue weighted by atomic mass is 16.6. The van der Waals surface area contributed by atoms with E-state index in [0.29, 0.717) is 0 Å². The van der Waals surface area contributed by atoms with Crippen LogP contribution in [0, 0.1) is 0 Å². The van der Waals surface area contributed by atoms with Crippen LogP contribution in [-0.2, 0) is 11.3 Å². The minimum absolute atomic E-state index is 0.162. The molecule has 2 aromatic carbocycles. The summed E-state index contributed by atoms with van der Waals surface area (Å²) in [6.07, 6.45) is -0.552. The zero-order valence-electron chi connectivity index (χ0n) is 12.5. The highest BCUT2D eigenvalue weighted by Gasteiger charge is 2.17. The Morgan fingerprint density at radius 1 is 0.955 bits per heavy atom. The zero-order valence-corrected chi connectivity index (χ0v) is 12.5. The van der Waals surface area contributed by atoms with E-state index in [4.69, 9.17) is 9.47 Å². The van der Waals surface area contributed by atoms with Gasteiger partial charge in [-0.05, 0) is 17.7 Å². The van der Waals surface area contributed by atoms with Gasteiger partial charge in [0.05, 0.1) is 0 Å². The fourth-order valence-corrected chi connectivity index (χ4v) is 1.71. The van der Waals surface area contributed by atoms with Gasteiger partial charge in [-0.2, -0.15) is 0 Å². The highest BCUT2D eigenvalue weighted by molar-refractivity contribution is 5.93. The zero-order chi connectivity index (χ0) is 15.9. The van der Waals surface area contributed by atoms with Gasteiger partial charge in [0.1, 0.15) is 17.9 Å². The summed E-state index contributed by atoms with van der Waals surface area (Å²) in [5.41, 5.74) is 1.10. The third-order valence-corrected chi connectivity index (χ3v) is 2.88. The Bertz CT molecular complexity index is 653. The quantitative estimate of drug-likeness (QED) is 0.814. The molecule has 2 rings (SSSR count). The van der Waals surface area contributed by atoms with Gasteiger partial charge in [-0.1, -0.05) is 42.5 Å². The van der Waals surface area contributed by atoms with Crippen molar-refractivity contribution in [3.05, 3.63) is 65.7 Å². The number of esters is 1. The van der Waals surface area contributed by atoms with E-state index in [0.717, 1.165) is 5.56 Å². The molecule has 1 amide bonds. The van der Waals surface area contributed by atoms with Crippen LogP contribution in [0.5, 0.6) is 5.75 Å². The minimum atomic E-state index is -0.552. The van der Waals surface area contributed by atoms with Crippen LogP contribution in [0.2, 0.25) is 0 Å². The Kier molecular flexibility index (Phi) is 5.14. The predicted octanol–water partition coefficient (Wildman–Crippen LogP) is 3.10. The highest BCUT2D eigenvalue weighted by Crippen LogP contribution is 2.20. The van der Waals surface area contributed by atoms with E-state index in [-0.39, 0.29) is 17.9 Å². The van der Waals surface area contributed by atoms with Crippen molar-refractivity contribution in [3.8, 4) is 5.75 Å². The average Bonchev–Trinajstić information content (AvgIpc) is 2.54. The van der Waals surface area contributed by atoms with Crippen molar-refractivity contribution in [1.29, 1.82) is 0 Å². The molecule has 5 nitrogen and oxygen atoms in total. The Labute approximate surface area is 129 Å². The van der Waals surface area contributed by atoms with Crippen LogP contribution in [0.15, 0.2) is 54.6 Å². The summed E-state index contributed by atoms with van der Waals surface area (Å²) in [6, 6.07) is 15.9. The fourth-order valence-electron chi connectivity index (χ4n) is 1.71. The van der Waals surface area contributed by atoms with Gasteiger partial charge in [0.15, 0.2) is 0 Å². The summed E-state index contributed by atoms with van der Waals surface area (Å²) >= 11 is 0.